The highest BCUT2D eigenvalue weighted by Crippen LogP contribution is 2.38. The van der Waals surface area contributed by atoms with Crippen LogP contribution < -0.4 is 25.0 Å². The molecule has 2 aliphatic heterocycles. The Kier molecular flexibility index (Phi) is 5.13. The van der Waals surface area contributed by atoms with E-state index in [2.05, 4.69) is 26.6 Å². The SMILES string of the molecule is C[C@@H]1CC(=O)Nc2ccccc2N1C(=O)CNc1cc2c(cc1Br)OCCO2. The lowest BCUT2D eigenvalue weighted by atomic mass is 10.1. The fourth-order valence-corrected chi connectivity index (χ4v) is 3.89. The number of para-hydroxylation sites is 2. The third kappa shape index (κ3) is 3.64. The molecule has 0 saturated carbocycles. The molecule has 2 aliphatic rings. The fourth-order valence-electron chi connectivity index (χ4n) is 3.42. The number of fused-ring (bicyclic) bond motifs is 2. The van der Waals surface area contributed by atoms with Crippen molar-refractivity contribution in [1.29, 1.82) is 0 Å². The summed E-state index contributed by atoms with van der Waals surface area (Å²) in [4.78, 5) is 26.8. The molecule has 0 fully saturated rings. The largest absolute Gasteiger partial charge is 0.486 e. The monoisotopic (exact) mass is 445 g/mol. The number of carbonyl (C=O) groups is 2. The van der Waals surface area contributed by atoms with Gasteiger partial charge in [-0.05, 0) is 35.0 Å². The van der Waals surface area contributed by atoms with Gasteiger partial charge in [0.25, 0.3) is 0 Å². The first-order valence-electron chi connectivity index (χ1n) is 9.07. The van der Waals surface area contributed by atoms with Crippen molar-refractivity contribution in [2.75, 3.05) is 35.3 Å². The van der Waals surface area contributed by atoms with E-state index in [1.807, 2.05) is 37.3 Å². The Balaban J connectivity index is 1.54. The second kappa shape index (κ2) is 7.71. The minimum Gasteiger partial charge on any atom is -0.486 e. The molecule has 2 aromatic carbocycles. The molecule has 0 bridgehead atoms. The molecule has 0 spiro atoms. The standard InChI is InChI=1S/C20H20BrN3O4/c1-12-8-19(25)23-14-4-2-3-5-16(14)24(12)20(26)11-22-15-10-18-17(9-13(15)21)27-6-7-28-18/h2-5,9-10,12,22H,6-8,11H2,1H3,(H,23,25)/t12-/m1/s1. The van der Waals surface area contributed by atoms with E-state index >= 15 is 0 Å². The molecule has 4 rings (SSSR count). The number of carbonyl (C=O) groups excluding carboxylic acids is 2. The minimum absolute atomic E-state index is 0.0745. The highest BCUT2D eigenvalue weighted by molar-refractivity contribution is 9.10. The Morgan fingerprint density at radius 3 is 2.75 bits per heavy atom. The second-order valence-electron chi connectivity index (χ2n) is 6.71. The number of ether oxygens (including phenoxy) is 2. The van der Waals surface area contributed by atoms with Gasteiger partial charge in [-0.3, -0.25) is 9.59 Å². The summed E-state index contributed by atoms with van der Waals surface area (Å²) in [6.45, 7) is 2.96. The van der Waals surface area contributed by atoms with Gasteiger partial charge in [0.15, 0.2) is 11.5 Å². The lowest BCUT2D eigenvalue weighted by Crippen LogP contribution is -2.42. The molecule has 0 radical (unpaired) electrons. The van der Waals surface area contributed by atoms with Crippen molar-refractivity contribution in [3.63, 3.8) is 0 Å². The van der Waals surface area contributed by atoms with Crippen LogP contribution in [0.5, 0.6) is 11.5 Å². The van der Waals surface area contributed by atoms with Crippen molar-refractivity contribution in [3.8, 4) is 11.5 Å². The summed E-state index contributed by atoms with van der Waals surface area (Å²) in [5.41, 5.74) is 2.09. The number of hydrogen-bond acceptors (Lipinski definition) is 5. The summed E-state index contributed by atoms with van der Waals surface area (Å²) < 4.78 is 12.0. The maximum absolute atomic E-state index is 13.1. The molecule has 146 valence electrons. The molecule has 0 unspecified atom stereocenters. The Bertz CT molecular complexity index is 934. The Hall–Kier alpha value is -2.74. The zero-order valence-electron chi connectivity index (χ0n) is 15.3. The third-order valence-corrected chi connectivity index (χ3v) is 5.35. The molecular formula is C20H20BrN3O4. The van der Waals surface area contributed by atoms with Crippen LogP contribution in [0.25, 0.3) is 0 Å². The Labute approximate surface area is 171 Å². The highest BCUT2D eigenvalue weighted by Gasteiger charge is 2.29. The Morgan fingerprint density at radius 2 is 1.96 bits per heavy atom. The van der Waals surface area contributed by atoms with Gasteiger partial charge in [0, 0.05) is 29.1 Å². The lowest BCUT2D eigenvalue weighted by Gasteiger charge is -2.28. The van der Waals surface area contributed by atoms with Gasteiger partial charge in [-0.15, -0.1) is 0 Å². The van der Waals surface area contributed by atoms with Crippen molar-refractivity contribution in [3.05, 3.63) is 40.9 Å². The van der Waals surface area contributed by atoms with E-state index in [-0.39, 0.29) is 30.8 Å². The number of halogens is 1. The summed E-state index contributed by atoms with van der Waals surface area (Å²) >= 11 is 3.50. The molecule has 2 aromatic rings. The van der Waals surface area contributed by atoms with Gasteiger partial charge in [0.1, 0.15) is 13.2 Å². The van der Waals surface area contributed by atoms with Crippen LogP contribution in [0.4, 0.5) is 17.1 Å². The molecule has 1 atom stereocenters. The summed E-state index contributed by atoms with van der Waals surface area (Å²) in [6, 6.07) is 10.7. The zero-order valence-corrected chi connectivity index (χ0v) is 16.9. The Morgan fingerprint density at radius 1 is 1.25 bits per heavy atom. The number of hydrogen-bond donors (Lipinski definition) is 2. The normalized spacial score (nSPS) is 18.0. The highest BCUT2D eigenvalue weighted by atomic mass is 79.9. The molecular weight excluding hydrogens is 426 g/mol. The summed E-state index contributed by atoms with van der Waals surface area (Å²) in [6.07, 6.45) is 0.244. The quantitative estimate of drug-likeness (QED) is 0.756. The van der Waals surface area contributed by atoms with Crippen LogP contribution in [0, 0.1) is 0 Å². The maximum Gasteiger partial charge on any atom is 0.246 e. The minimum atomic E-state index is -0.248. The van der Waals surface area contributed by atoms with E-state index in [1.54, 1.807) is 11.0 Å². The summed E-state index contributed by atoms with van der Waals surface area (Å²) in [7, 11) is 0. The smallest absolute Gasteiger partial charge is 0.246 e. The topological polar surface area (TPSA) is 79.9 Å². The molecule has 0 aromatic heterocycles. The lowest BCUT2D eigenvalue weighted by molar-refractivity contribution is -0.118. The van der Waals surface area contributed by atoms with Crippen LogP contribution in [0.1, 0.15) is 13.3 Å². The molecule has 0 aliphatic carbocycles. The van der Waals surface area contributed by atoms with E-state index in [0.717, 1.165) is 10.2 Å². The van der Waals surface area contributed by atoms with Gasteiger partial charge >= 0.3 is 0 Å². The summed E-state index contributed by atoms with van der Waals surface area (Å²) in [5.74, 6) is 1.10. The number of anilines is 3. The summed E-state index contributed by atoms with van der Waals surface area (Å²) in [5, 5.41) is 6.03. The first-order valence-corrected chi connectivity index (χ1v) is 9.86. The fraction of sp³-hybridized carbons (Fsp3) is 0.300. The van der Waals surface area contributed by atoms with E-state index in [4.69, 9.17) is 9.47 Å². The first kappa shape index (κ1) is 18.6. The van der Waals surface area contributed by atoms with Gasteiger partial charge in [-0.1, -0.05) is 12.1 Å². The van der Waals surface area contributed by atoms with Crippen LogP contribution >= 0.6 is 15.9 Å². The van der Waals surface area contributed by atoms with Crippen molar-refractivity contribution in [2.45, 2.75) is 19.4 Å². The van der Waals surface area contributed by atoms with Crippen molar-refractivity contribution < 1.29 is 19.1 Å². The number of nitrogens with one attached hydrogen (secondary N) is 2. The maximum atomic E-state index is 13.1. The van der Waals surface area contributed by atoms with Gasteiger partial charge < -0.3 is 25.0 Å². The van der Waals surface area contributed by atoms with E-state index in [1.165, 1.54) is 0 Å². The molecule has 2 amide bonds. The molecule has 28 heavy (non-hydrogen) atoms. The van der Waals surface area contributed by atoms with Crippen molar-refractivity contribution in [1.82, 2.24) is 0 Å². The van der Waals surface area contributed by atoms with Crippen LogP contribution in [-0.4, -0.2) is 37.6 Å². The van der Waals surface area contributed by atoms with Gasteiger partial charge in [0.2, 0.25) is 11.8 Å². The number of nitrogens with zero attached hydrogens (tertiary/aromatic N) is 1. The van der Waals surface area contributed by atoms with Crippen LogP contribution in [0.3, 0.4) is 0 Å². The molecule has 0 saturated heterocycles. The van der Waals surface area contributed by atoms with Crippen molar-refractivity contribution >= 4 is 44.8 Å². The second-order valence-corrected chi connectivity index (χ2v) is 7.57. The molecule has 7 nitrogen and oxygen atoms in total. The van der Waals surface area contributed by atoms with E-state index < -0.39 is 0 Å². The number of amides is 2. The number of benzene rings is 2. The molecule has 8 heteroatoms. The predicted octanol–water partition coefficient (Wildman–Crippen LogP) is 3.40. The molecule has 2 N–H and O–H groups in total. The van der Waals surface area contributed by atoms with Crippen molar-refractivity contribution in [2.24, 2.45) is 0 Å². The van der Waals surface area contributed by atoms with Gasteiger partial charge in [-0.2, -0.15) is 0 Å². The molecule has 2 heterocycles. The van der Waals surface area contributed by atoms with Gasteiger partial charge in [-0.25, -0.2) is 0 Å². The van der Waals surface area contributed by atoms with Crippen LogP contribution in [0.15, 0.2) is 40.9 Å². The first-order chi connectivity index (χ1) is 13.5. The predicted molar refractivity (Wildman–Crippen MR) is 110 cm³/mol. The van der Waals surface area contributed by atoms with E-state index in [9.17, 15) is 9.59 Å². The van der Waals surface area contributed by atoms with E-state index in [0.29, 0.717) is 36.1 Å². The average Bonchev–Trinajstić information content (AvgIpc) is 2.80. The van der Waals surface area contributed by atoms with Crippen LogP contribution in [0.2, 0.25) is 0 Å². The van der Waals surface area contributed by atoms with Crippen LogP contribution in [-0.2, 0) is 9.59 Å². The number of rotatable bonds is 3. The van der Waals surface area contributed by atoms with Gasteiger partial charge in [0.05, 0.1) is 23.6 Å². The average molecular weight is 446 g/mol. The zero-order chi connectivity index (χ0) is 19.7. The third-order valence-electron chi connectivity index (χ3n) is 4.69.